The van der Waals surface area contributed by atoms with E-state index in [9.17, 15) is 19.5 Å². The van der Waals surface area contributed by atoms with Crippen molar-refractivity contribution in [3.63, 3.8) is 0 Å². The molecule has 8 heteroatoms. The first kappa shape index (κ1) is 29.0. The molecule has 1 aliphatic carbocycles. The Morgan fingerprint density at radius 2 is 1.66 bits per heavy atom. The zero-order valence-electron chi connectivity index (χ0n) is 23.5. The summed E-state index contributed by atoms with van der Waals surface area (Å²) in [6.45, 7) is 12.9. The van der Waals surface area contributed by atoms with E-state index in [0.717, 1.165) is 35.1 Å². The minimum atomic E-state index is -0.977. The average Bonchev–Trinajstić information content (AvgIpc) is 3.63. The van der Waals surface area contributed by atoms with Crippen molar-refractivity contribution in [1.29, 1.82) is 0 Å². The standard InChI is InChI=1S/C30H41N3O5/c1-18(2)31-27(35)26(24-16-19(3)8-9-20(24)4)33(22-12-13-22)28(36)25(32-29(37)38-30(5,6)7)17-21-10-14-23(34)15-11-21/h8-11,14-16,18,22,25-26,34H,12-13,17H2,1-7H3,(H,31,35)(H,32,37). The van der Waals surface area contributed by atoms with Crippen molar-refractivity contribution in [2.45, 2.75) is 97.5 Å². The van der Waals surface area contributed by atoms with Gasteiger partial charge in [0.25, 0.3) is 0 Å². The highest BCUT2D eigenvalue weighted by molar-refractivity contribution is 5.93. The number of amides is 3. The third kappa shape index (κ3) is 7.97. The second kappa shape index (κ2) is 11.9. The van der Waals surface area contributed by atoms with Crippen molar-refractivity contribution in [2.75, 3.05) is 0 Å². The van der Waals surface area contributed by atoms with Crippen molar-refractivity contribution in [1.82, 2.24) is 15.5 Å². The van der Waals surface area contributed by atoms with Crippen LogP contribution in [0.3, 0.4) is 0 Å². The lowest BCUT2D eigenvalue weighted by Gasteiger charge is -2.36. The number of nitrogens with one attached hydrogen (secondary N) is 2. The number of carbonyl (C=O) groups excluding carboxylic acids is 3. The number of phenolic OH excluding ortho intramolecular Hbond substituents is 1. The summed E-state index contributed by atoms with van der Waals surface area (Å²) in [5, 5.41) is 15.5. The molecule has 0 bridgehead atoms. The third-order valence-corrected chi connectivity index (χ3v) is 6.25. The summed E-state index contributed by atoms with van der Waals surface area (Å²) in [5.74, 6) is -0.498. The van der Waals surface area contributed by atoms with E-state index in [2.05, 4.69) is 10.6 Å². The molecule has 0 radical (unpaired) electrons. The summed E-state index contributed by atoms with van der Waals surface area (Å²) in [6, 6.07) is 10.3. The van der Waals surface area contributed by atoms with E-state index in [4.69, 9.17) is 4.74 Å². The molecule has 0 spiro atoms. The first-order valence-electron chi connectivity index (χ1n) is 13.2. The molecule has 2 atom stereocenters. The Morgan fingerprint density at radius 1 is 1.03 bits per heavy atom. The average molecular weight is 524 g/mol. The second-order valence-electron chi connectivity index (χ2n) is 11.5. The van der Waals surface area contributed by atoms with Gasteiger partial charge in [0.2, 0.25) is 11.8 Å². The van der Waals surface area contributed by atoms with Crippen LogP contribution in [0.5, 0.6) is 5.75 Å². The van der Waals surface area contributed by atoms with Crippen LogP contribution in [0.1, 0.15) is 75.8 Å². The fraction of sp³-hybridized carbons (Fsp3) is 0.500. The topological polar surface area (TPSA) is 108 Å². The Morgan fingerprint density at radius 3 is 2.21 bits per heavy atom. The number of carbonyl (C=O) groups is 3. The van der Waals surface area contributed by atoms with Crippen molar-refractivity contribution in [3.8, 4) is 5.75 Å². The zero-order valence-corrected chi connectivity index (χ0v) is 23.5. The molecule has 206 valence electrons. The van der Waals surface area contributed by atoms with E-state index in [1.54, 1.807) is 37.8 Å². The number of benzene rings is 2. The van der Waals surface area contributed by atoms with Crippen molar-refractivity contribution in [3.05, 3.63) is 64.7 Å². The lowest BCUT2D eigenvalue weighted by Crippen LogP contribution is -2.55. The Kier molecular flexibility index (Phi) is 9.07. The van der Waals surface area contributed by atoms with E-state index >= 15 is 0 Å². The largest absolute Gasteiger partial charge is 0.508 e. The Hall–Kier alpha value is -3.55. The first-order chi connectivity index (χ1) is 17.7. The molecule has 3 amide bonds. The molecule has 1 saturated carbocycles. The fourth-order valence-electron chi connectivity index (χ4n) is 4.40. The van der Waals surface area contributed by atoms with Crippen LogP contribution in [-0.4, -0.2) is 51.6 Å². The maximum Gasteiger partial charge on any atom is 0.408 e. The van der Waals surface area contributed by atoms with Crippen LogP contribution in [0, 0.1) is 13.8 Å². The smallest absolute Gasteiger partial charge is 0.408 e. The number of hydrogen-bond acceptors (Lipinski definition) is 5. The molecule has 0 heterocycles. The van der Waals surface area contributed by atoms with Crippen LogP contribution in [0.4, 0.5) is 4.79 Å². The van der Waals surface area contributed by atoms with E-state index in [1.165, 1.54) is 12.1 Å². The highest BCUT2D eigenvalue weighted by atomic mass is 16.6. The minimum Gasteiger partial charge on any atom is -0.508 e. The van der Waals surface area contributed by atoms with Gasteiger partial charge in [0, 0.05) is 18.5 Å². The highest BCUT2D eigenvalue weighted by Gasteiger charge is 2.44. The van der Waals surface area contributed by atoms with Gasteiger partial charge < -0.3 is 25.4 Å². The van der Waals surface area contributed by atoms with Crippen LogP contribution < -0.4 is 10.6 Å². The molecule has 3 rings (SSSR count). The lowest BCUT2D eigenvalue weighted by atomic mass is 9.95. The lowest BCUT2D eigenvalue weighted by molar-refractivity contribution is -0.143. The van der Waals surface area contributed by atoms with Gasteiger partial charge in [-0.2, -0.15) is 0 Å². The number of aromatic hydroxyl groups is 1. The van der Waals surface area contributed by atoms with E-state index in [-0.39, 0.29) is 36.1 Å². The van der Waals surface area contributed by atoms with Gasteiger partial charge in [0.05, 0.1) is 0 Å². The Bertz CT molecular complexity index is 1150. The number of aryl methyl sites for hydroxylation is 2. The summed E-state index contributed by atoms with van der Waals surface area (Å²) in [7, 11) is 0. The fourth-order valence-corrected chi connectivity index (χ4v) is 4.40. The van der Waals surface area contributed by atoms with Crippen molar-refractivity contribution >= 4 is 17.9 Å². The molecule has 1 fully saturated rings. The molecule has 0 saturated heterocycles. The molecule has 0 aliphatic heterocycles. The summed E-state index contributed by atoms with van der Waals surface area (Å²) < 4.78 is 5.47. The van der Waals surface area contributed by atoms with Gasteiger partial charge in [0.15, 0.2) is 0 Å². The Balaban J connectivity index is 2.04. The SMILES string of the molecule is Cc1ccc(C)c(C(C(=O)NC(C)C)N(C(=O)C(Cc2ccc(O)cc2)NC(=O)OC(C)(C)C)C2CC2)c1. The molecule has 0 aromatic heterocycles. The van der Waals surface area contributed by atoms with Crippen LogP contribution in [0.2, 0.25) is 0 Å². The predicted octanol–water partition coefficient (Wildman–Crippen LogP) is 4.70. The molecule has 3 N–H and O–H groups in total. The zero-order chi connectivity index (χ0) is 28.2. The number of ether oxygens (including phenoxy) is 1. The van der Waals surface area contributed by atoms with Gasteiger partial charge in [-0.1, -0.05) is 35.9 Å². The number of nitrogens with zero attached hydrogens (tertiary/aromatic N) is 1. The normalized spacial score (nSPS) is 14.9. The molecule has 2 aromatic rings. The van der Waals surface area contributed by atoms with Gasteiger partial charge in [-0.15, -0.1) is 0 Å². The van der Waals surface area contributed by atoms with Gasteiger partial charge in [-0.25, -0.2) is 4.79 Å². The van der Waals surface area contributed by atoms with E-state index in [1.807, 2.05) is 45.9 Å². The maximum atomic E-state index is 14.3. The molecule has 1 aliphatic rings. The second-order valence-corrected chi connectivity index (χ2v) is 11.5. The van der Waals surface area contributed by atoms with Gasteiger partial charge in [-0.05, 0) is 90.1 Å². The van der Waals surface area contributed by atoms with Crippen molar-refractivity contribution in [2.24, 2.45) is 0 Å². The van der Waals surface area contributed by atoms with Crippen LogP contribution in [-0.2, 0) is 20.7 Å². The van der Waals surface area contributed by atoms with Gasteiger partial charge >= 0.3 is 6.09 Å². The highest BCUT2D eigenvalue weighted by Crippen LogP contribution is 2.37. The minimum absolute atomic E-state index is 0.108. The number of hydrogen-bond donors (Lipinski definition) is 3. The number of rotatable bonds is 9. The molecular weight excluding hydrogens is 482 g/mol. The summed E-state index contributed by atoms with van der Waals surface area (Å²) in [4.78, 5) is 42.5. The number of alkyl carbamates (subject to hydrolysis) is 1. The quantitative estimate of drug-likeness (QED) is 0.442. The third-order valence-electron chi connectivity index (χ3n) is 6.25. The predicted molar refractivity (Wildman–Crippen MR) is 147 cm³/mol. The van der Waals surface area contributed by atoms with Crippen LogP contribution in [0.15, 0.2) is 42.5 Å². The molecular formula is C30H41N3O5. The summed E-state index contributed by atoms with van der Waals surface area (Å²) >= 11 is 0. The maximum absolute atomic E-state index is 14.3. The van der Waals surface area contributed by atoms with Crippen LogP contribution in [0.25, 0.3) is 0 Å². The van der Waals surface area contributed by atoms with E-state index < -0.39 is 23.8 Å². The molecule has 8 nitrogen and oxygen atoms in total. The number of phenols is 1. The molecule has 2 aromatic carbocycles. The Labute approximate surface area is 225 Å². The van der Waals surface area contributed by atoms with Crippen molar-refractivity contribution < 1.29 is 24.2 Å². The monoisotopic (exact) mass is 523 g/mol. The van der Waals surface area contributed by atoms with Crippen LogP contribution >= 0.6 is 0 Å². The molecule has 2 unspecified atom stereocenters. The first-order valence-corrected chi connectivity index (χ1v) is 13.2. The molecule has 38 heavy (non-hydrogen) atoms. The summed E-state index contributed by atoms with van der Waals surface area (Å²) in [6.07, 6.45) is 1.02. The van der Waals surface area contributed by atoms with Gasteiger partial charge in [0.1, 0.15) is 23.4 Å². The van der Waals surface area contributed by atoms with E-state index in [0.29, 0.717) is 0 Å². The summed E-state index contributed by atoms with van der Waals surface area (Å²) in [5.41, 5.74) is 2.67. The van der Waals surface area contributed by atoms with Gasteiger partial charge in [-0.3, -0.25) is 9.59 Å².